The van der Waals surface area contributed by atoms with Crippen LogP contribution in [0.4, 0.5) is 34.1 Å². The molecule has 5 aliphatic carbocycles. The van der Waals surface area contributed by atoms with Gasteiger partial charge in [-0.3, -0.25) is 0 Å². The first-order chi connectivity index (χ1) is 37.3. The van der Waals surface area contributed by atoms with Gasteiger partial charge in [0.2, 0.25) is 0 Å². The summed E-state index contributed by atoms with van der Waals surface area (Å²) < 4.78 is 0. The van der Waals surface area contributed by atoms with Crippen molar-refractivity contribution >= 4 is 57.2 Å². The maximum atomic E-state index is 2.90. The van der Waals surface area contributed by atoms with E-state index in [1.54, 1.807) is 16.7 Å². The number of nitrogens with zero attached hydrogens (tertiary/aromatic N) is 2. The minimum Gasteiger partial charge on any atom is -0.311 e. The molecule has 0 radical (unpaired) electrons. The third-order valence-electron chi connectivity index (χ3n) is 23.4. The van der Waals surface area contributed by atoms with Gasteiger partial charge in [0, 0.05) is 45.0 Å². The lowest BCUT2D eigenvalue weighted by atomic mass is 9.33. The van der Waals surface area contributed by atoms with E-state index in [0.717, 1.165) is 6.42 Å². The zero-order valence-electron chi connectivity index (χ0n) is 52.2. The second-order valence-corrected chi connectivity index (χ2v) is 32.8. The number of rotatable bonds is 2. The first kappa shape index (κ1) is 51.1. The van der Waals surface area contributed by atoms with E-state index in [4.69, 9.17) is 0 Å². The third-order valence-corrected chi connectivity index (χ3v) is 23.4. The van der Waals surface area contributed by atoms with Gasteiger partial charge in [0.25, 0.3) is 6.71 Å². The van der Waals surface area contributed by atoms with Crippen LogP contribution in [0.3, 0.4) is 0 Å². The van der Waals surface area contributed by atoms with Crippen molar-refractivity contribution in [2.75, 3.05) is 9.80 Å². The second-order valence-electron chi connectivity index (χ2n) is 32.8. The molecule has 3 aliphatic heterocycles. The molecule has 0 saturated heterocycles. The van der Waals surface area contributed by atoms with Crippen molar-refractivity contribution in [3.63, 3.8) is 0 Å². The summed E-state index contributed by atoms with van der Waals surface area (Å²) in [5, 5.41) is 0. The minimum atomic E-state index is -0.207. The third kappa shape index (κ3) is 6.45. The Morgan fingerprint density at radius 2 is 0.850 bits per heavy atom. The van der Waals surface area contributed by atoms with Gasteiger partial charge in [-0.15, -0.1) is 0 Å². The molecule has 7 aromatic carbocycles. The van der Waals surface area contributed by atoms with Crippen molar-refractivity contribution < 1.29 is 0 Å². The normalized spacial score (nSPS) is 22.4. The molecule has 0 saturated carbocycles. The fourth-order valence-corrected chi connectivity index (χ4v) is 18.5. The average Bonchev–Trinajstić information content (AvgIpc) is 3.88. The van der Waals surface area contributed by atoms with E-state index < -0.39 is 0 Å². The molecule has 2 nitrogen and oxygen atoms in total. The van der Waals surface area contributed by atoms with Crippen LogP contribution in [0.1, 0.15) is 231 Å². The van der Waals surface area contributed by atoms with E-state index in [-0.39, 0.29) is 55.4 Å². The largest absolute Gasteiger partial charge is 0.311 e. The van der Waals surface area contributed by atoms with Crippen LogP contribution in [-0.2, 0) is 48.7 Å². The molecule has 0 unspecified atom stereocenters. The number of aryl methyl sites for hydroxylation is 1. The summed E-state index contributed by atoms with van der Waals surface area (Å²) in [6.07, 6.45) is 8.20. The van der Waals surface area contributed by atoms with Crippen molar-refractivity contribution in [1.82, 2.24) is 0 Å². The molecule has 0 fully saturated rings. The lowest BCUT2D eigenvalue weighted by Crippen LogP contribution is -2.61. The van der Waals surface area contributed by atoms with Gasteiger partial charge < -0.3 is 9.80 Å². The molecule has 408 valence electrons. The molecule has 7 aromatic rings. The van der Waals surface area contributed by atoms with Crippen LogP contribution in [0.15, 0.2) is 97.1 Å². The Morgan fingerprint density at radius 3 is 1.46 bits per heavy atom. The maximum absolute atomic E-state index is 2.90. The highest BCUT2D eigenvalue weighted by molar-refractivity contribution is 7.00. The molecule has 3 heteroatoms. The van der Waals surface area contributed by atoms with E-state index in [2.05, 4.69) is 238 Å². The molecule has 0 N–H and O–H groups in total. The van der Waals surface area contributed by atoms with Gasteiger partial charge in [-0.05, 0) is 231 Å². The molecular weight excluding hydrogens is 964 g/mol. The molecule has 15 rings (SSSR count). The summed E-state index contributed by atoms with van der Waals surface area (Å²) in [5.41, 5.74) is 37.6. The standard InChI is InChI=1S/C77H87BN2/c1-43-33-48-51(71(6,7)29-27-69(48,2)3)39-58(43)79-60-41-53-50(75(14,15)42-76(53,16)17)38-57(60)78-56-26-25-47-65-64-54(77(47,18)19)37-55-66(74(12,13)32-31-73(55,10)11)63(64)46-36-49-52(72(8,9)30-28-70(49,4)5)40-59(46)80(68(56)65)62-35-45(34-61(79)67(62)78)44-23-21-20-22-24-44/h20-26,33-41H,27-32,42H2,1-19H3. The summed E-state index contributed by atoms with van der Waals surface area (Å²) in [6, 6.07) is 40.9. The van der Waals surface area contributed by atoms with Gasteiger partial charge in [0.15, 0.2) is 0 Å². The van der Waals surface area contributed by atoms with E-state index in [0.29, 0.717) is 0 Å². The number of hydrogen-bond donors (Lipinski definition) is 0. The second kappa shape index (κ2) is 15.2. The first-order valence-electron chi connectivity index (χ1n) is 31.1. The topological polar surface area (TPSA) is 6.48 Å². The fraction of sp³-hybridized carbons (Fsp3) is 0.455. The van der Waals surface area contributed by atoms with Crippen LogP contribution >= 0.6 is 0 Å². The van der Waals surface area contributed by atoms with E-state index in [1.165, 1.54) is 167 Å². The summed E-state index contributed by atoms with van der Waals surface area (Å²) in [6.45, 7) is 48.0. The molecule has 80 heavy (non-hydrogen) atoms. The molecule has 3 heterocycles. The predicted molar refractivity (Wildman–Crippen MR) is 344 cm³/mol. The smallest absolute Gasteiger partial charge is 0.252 e. The number of benzene rings is 7. The molecule has 0 bridgehead atoms. The lowest BCUT2D eigenvalue weighted by Gasteiger charge is -2.48. The Hall–Kier alpha value is -5.80. The summed E-state index contributed by atoms with van der Waals surface area (Å²) in [4.78, 5) is 5.70. The van der Waals surface area contributed by atoms with Gasteiger partial charge in [0.05, 0.1) is 5.69 Å². The Kier molecular flexibility index (Phi) is 9.74. The number of anilines is 6. The van der Waals surface area contributed by atoms with Crippen LogP contribution in [0, 0.1) is 6.92 Å². The highest BCUT2D eigenvalue weighted by Crippen LogP contribution is 2.67. The highest BCUT2D eigenvalue weighted by Gasteiger charge is 2.55. The summed E-state index contributed by atoms with van der Waals surface area (Å²) in [5.74, 6) is 0. The Balaban J connectivity index is 1.16. The summed E-state index contributed by atoms with van der Waals surface area (Å²) in [7, 11) is 0. The molecular formula is C77H87BN2. The van der Waals surface area contributed by atoms with Crippen molar-refractivity contribution in [1.29, 1.82) is 0 Å². The Morgan fingerprint density at radius 1 is 0.350 bits per heavy atom. The van der Waals surface area contributed by atoms with Crippen LogP contribution < -0.4 is 26.2 Å². The SMILES string of the molecule is Cc1cc2c(cc1N1c3cc4c(cc3B3c5ccc6c7c5N(c5cc8c(cc5-c5c-7c(cc7c5C(C)(C)CCC7(C)C)C6(C)C)C(C)(C)CCC8(C)C)c5cc(-c6ccccc6)cc1c53)C(C)(C)CC4(C)C)C(C)(C)CCC2(C)C. The fourth-order valence-electron chi connectivity index (χ4n) is 18.5. The molecule has 0 aromatic heterocycles. The van der Waals surface area contributed by atoms with Crippen LogP contribution in [0.25, 0.3) is 33.4 Å². The van der Waals surface area contributed by atoms with Crippen molar-refractivity contribution in [2.24, 2.45) is 0 Å². The minimum absolute atomic E-state index is 0.00362. The lowest BCUT2D eigenvalue weighted by molar-refractivity contribution is 0.331. The van der Waals surface area contributed by atoms with E-state index in [1.807, 2.05) is 0 Å². The van der Waals surface area contributed by atoms with Crippen LogP contribution in [0.2, 0.25) is 0 Å². The van der Waals surface area contributed by atoms with Gasteiger partial charge in [-0.25, -0.2) is 0 Å². The van der Waals surface area contributed by atoms with Gasteiger partial charge in [-0.1, -0.05) is 185 Å². The highest BCUT2D eigenvalue weighted by atomic mass is 15.2. The molecule has 0 amide bonds. The van der Waals surface area contributed by atoms with E-state index >= 15 is 0 Å². The zero-order valence-corrected chi connectivity index (χ0v) is 52.2. The molecule has 8 aliphatic rings. The van der Waals surface area contributed by atoms with Crippen molar-refractivity contribution in [3.05, 3.63) is 158 Å². The number of hydrogen-bond acceptors (Lipinski definition) is 2. The number of fused-ring (bicyclic) bond motifs is 12. The maximum Gasteiger partial charge on any atom is 0.252 e. The Bertz CT molecular complexity index is 3980. The van der Waals surface area contributed by atoms with Crippen LogP contribution in [0.5, 0.6) is 0 Å². The average molecular weight is 1050 g/mol. The quantitative estimate of drug-likeness (QED) is 0.159. The van der Waals surface area contributed by atoms with Crippen molar-refractivity contribution in [3.8, 4) is 33.4 Å². The molecule has 0 spiro atoms. The van der Waals surface area contributed by atoms with E-state index in [9.17, 15) is 0 Å². The zero-order chi connectivity index (χ0) is 56.5. The summed E-state index contributed by atoms with van der Waals surface area (Å²) >= 11 is 0. The Labute approximate surface area is 481 Å². The van der Waals surface area contributed by atoms with Gasteiger partial charge in [0.1, 0.15) is 0 Å². The predicted octanol–water partition coefficient (Wildman–Crippen LogP) is 19.0. The van der Waals surface area contributed by atoms with Gasteiger partial charge in [-0.2, -0.15) is 0 Å². The molecule has 0 atom stereocenters. The first-order valence-corrected chi connectivity index (χ1v) is 31.1. The monoisotopic (exact) mass is 1050 g/mol. The van der Waals surface area contributed by atoms with Gasteiger partial charge >= 0.3 is 0 Å². The van der Waals surface area contributed by atoms with Crippen LogP contribution in [-0.4, -0.2) is 6.71 Å². The van der Waals surface area contributed by atoms with Crippen molar-refractivity contribution in [2.45, 2.75) is 225 Å².